The standard InChI is InChI=1S/C22H22O6/c1-13(2)27-20(23)12-26-18-9-8-17-21(24)19(28-22(17)14(18)3)11-15-6-5-7-16(10-15)25-4/h5-11,13H,12H2,1-4H3/b19-11-. The van der Waals surface area contributed by atoms with E-state index in [2.05, 4.69) is 0 Å². The molecule has 6 heteroatoms. The molecule has 0 atom stereocenters. The van der Waals surface area contributed by atoms with Gasteiger partial charge in [0.15, 0.2) is 12.4 Å². The highest BCUT2D eigenvalue weighted by Gasteiger charge is 2.30. The van der Waals surface area contributed by atoms with Crippen LogP contribution in [0.25, 0.3) is 6.08 Å². The Morgan fingerprint density at radius 3 is 2.71 bits per heavy atom. The minimum Gasteiger partial charge on any atom is -0.497 e. The summed E-state index contributed by atoms with van der Waals surface area (Å²) >= 11 is 0. The van der Waals surface area contributed by atoms with Crippen LogP contribution in [0.5, 0.6) is 17.2 Å². The van der Waals surface area contributed by atoms with Crippen LogP contribution in [0.15, 0.2) is 42.2 Å². The van der Waals surface area contributed by atoms with Crippen molar-refractivity contribution < 1.29 is 28.5 Å². The number of benzene rings is 2. The lowest BCUT2D eigenvalue weighted by Crippen LogP contribution is -2.19. The van der Waals surface area contributed by atoms with Crippen LogP contribution in [-0.4, -0.2) is 31.6 Å². The van der Waals surface area contributed by atoms with Crippen molar-refractivity contribution in [3.8, 4) is 17.2 Å². The number of fused-ring (bicyclic) bond motifs is 1. The Labute approximate surface area is 163 Å². The molecule has 1 aliphatic rings. The van der Waals surface area contributed by atoms with Gasteiger partial charge in [-0.3, -0.25) is 4.79 Å². The Bertz CT molecular complexity index is 942. The number of carbonyl (C=O) groups excluding carboxylic acids is 2. The Balaban J connectivity index is 1.80. The first kappa shape index (κ1) is 19.5. The van der Waals surface area contributed by atoms with Gasteiger partial charge in [-0.05, 0) is 56.7 Å². The molecular formula is C22H22O6. The molecule has 0 amide bonds. The lowest BCUT2D eigenvalue weighted by Gasteiger charge is -2.12. The number of esters is 1. The van der Waals surface area contributed by atoms with Gasteiger partial charge in [-0.15, -0.1) is 0 Å². The van der Waals surface area contributed by atoms with Crippen LogP contribution in [0, 0.1) is 6.92 Å². The van der Waals surface area contributed by atoms with Gasteiger partial charge in [-0.2, -0.15) is 0 Å². The van der Waals surface area contributed by atoms with E-state index in [-0.39, 0.29) is 24.3 Å². The minimum atomic E-state index is -0.453. The van der Waals surface area contributed by atoms with E-state index in [4.69, 9.17) is 18.9 Å². The SMILES string of the molecule is COc1cccc(/C=C2\Oc3c(ccc(OCC(=O)OC(C)C)c3C)C2=O)c1. The molecule has 146 valence electrons. The van der Waals surface area contributed by atoms with Crippen molar-refractivity contribution in [1.82, 2.24) is 0 Å². The molecule has 0 aliphatic carbocycles. The summed E-state index contributed by atoms with van der Waals surface area (Å²) < 4.78 is 21.6. The number of ether oxygens (including phenoxy) is 4. The molecule has 1 heterocycles. The number of methoxy groups -OCH3 is 1. The predicted molar refractivity (Wildman–Crippen MR) is 104 cm³/mol. The van der Waals surface area contributed by atoms with E-state index in [9.17, 15) is 9.59 Å². The maximum atomic E-state index is 12.7. The average molecular weight is 382 g/mol. The second-order valence-electron chi connectivity index (χ2n) is 6.61. The lowest BCUT2D eigenvalue weighted by atomic mass is 10.1. The number of hydrogen-bond acceptors (Lipinski definition) is 6. The maximum Gasteiger partial charge on any atom is 0.344 e. The highest BCUT2D eigenvalue weighted by atomic mass is 16.6. The van der Waals surface area contributed by atoms with E-state index in [1.165, 1.54) is 0 Å². The van der Waals surface area contributed by atoms with Crippen LogP contribution < -0.4 is 14.2 Å². The van der Waals surface area contributed by atoms with E-state index in [1.54, 1.807) is 46.1 Å². The fraction of sp³-hybridized carbons (Fsp3) is 0.273. The second-order valence-corrected chi connectivity index (χ2v) is 6.61. The van der Waals surface area contributed by atoms with Gasteiger partial charge in [0, 0.05) is 5.56 Å². The number of rotatable bonds is 6. The van der Waals surface area contributed by atoms with Crippen molar-refractivity contribution in [2.24, 2.45) is 0 Å². The molecule has 2 aromatic rings. The van der Waals surface area contributed by atoms with Crippen molar-refractivity contribution in [1.29, 1.82) is 0 Å². The molecule has 0 bridgehead atoms. The quantitative estimate of drug-likeness (QED) is 0.556. The van der Waals surface area contributed by atoms with Crippen molar-refractivity contribution in [2.75, 3.05) is 13.7 Å². The fourth-order valence-corrected chi connectivity index (χ4v) is 2.84. The van der Waals surface area contributed by atoms with Gasteiger partial charge in [-0.1, -0.05) is 12.1 Å². The summed E-state index contributed by atoms with van der Waals surface area (Å²) in [6.45, 7) is 5.12. The Morgan fingerprint density at radius 2 is 2.00 bits per heavy atom. The summed E-state index contributed by atoms with van der Waals surface area (Å²) in [5, 5.41) is 0. The molecule has 28 heavy (non-hydrogen) atoms. The average Bonchev–Trinajstić information content (AvgIpc) is 2.97. The molecule has 0 aromatic heterocycles. The van der Waals surface area contributed by atoms with E-state index in [0.717, 1.165) is 5.56 Å². The largest absolute Gasteiger partial charge is 0.497 e. The summed E-state index contributed by atoms with van der Waals surface area (Å²) in [6, 6.07) is 10.6. The van der Waals surface area contributed by atoms with Gasteiger partial charge in [0.1, 0.15) is 17.2 Å². The number of ketones is 1. The van der Waals surface area contributed by atoms with E-state index in [0.29, 0.717) is 28.4 Å². The van der Waals surface area contributed by atoms with E-state index < -0.39 is 5.97 Å². The van der Waals surface area contributed by atoms with Crippen LogP contribution in [-0.2, 0) is 9.53 Å². The summed E-state index contributed by atoms with van der Waals surface area (Å²) in [4.78, 5) is 24.3. The third-order valence-electron chi connectivity index (χ3n) is 4.14. The Kier molecular flexibility index (Phi) is 5.68. The fourth-order valence-electron chi connectivity index (χ4n) is 2.84. The van der Waals surface area contributed by atoms with Gasteiger partial charge in [-0.25, -0.2) is 4.79 Å². The summed E-state index contributed by atoms with van der Waals surface area (Å²) in [5.74, 6) is 1.17. The molecule has 0 saturated heterocycles. The highest BCUT2D eigenvalue weighted by Crippen LogP contribution is 2.39. The van der Waals surface area contributed by atoms with Crippen molar-refractivity contribution in [2.45, 2.75) is 26.9 Å². The molecule has 2 aromatic carbocycles. The third-order valence-corrected chi connectivity index (χ3v) is 4.14. The Morgan fingerprint density at radius 1 is 1.21 bits per heavy atom. The zero-order valence-corrected chi connectivity index (χ0v) is 16.3. The number of hydrogen-bond donors (Lipinski definition) is 0. The molecule has 0 fully saturated rings. The van der Waals surface area contributed by atoms with Crippen LogP contribution >= 0.6 is 0 Å². The molecule has 0 saturated carbocycles. The van der Waals surface area contributed by atoms with Crippen molar-refractivity contribution in [3.63, 3.8) is 0 Å². The second kappa shape index (κ2) is 8.17. The normalized spacial score (nSPS) is 14.0. The highest BCUT2D eigenvalue weighted by molar-refractivity contribution is 6.15. The molecule has 0 unspecified atom stereocenters. The summed E-state index contributed by atoms with van der Waals surface area (Å²) in [7, 11) is 1.58. The van der Waals surface area contributed by atoms with Crippen LogP contribution in [0.3, 0.4) is 0 Å². The molecule has 6 nitrogen and oxygen atoms in total. The van der Waals surface area contributed by atoms with E-state index >= 15 is 0 Å². The zero-order chi connectivity index (χ0) is 20.3. The maximum absolute atomic E-state index is 12.7. The number of carbonyl (C=O) groups is 2. The molecule has 0 spiro atoms. The van der Waals surface area contributed by atoms with Gasteiger partial charge >= 0.3 is 5.97 Å². The summed E-state index contributed by atoms with van der Waals surface area (Å²) in [5.41, 5.74) is 1.90. The smallest absolute Gasteiger partial charge is 0.344 e. The molecule has 0 N–H and O–H groups in total. The topological polar surface area (TPSA) is 71.1 Å². The van der Waals surface area contributed by atoms with Gasteiger partial charge in [0.25, 0.3) is 0 Å². The predicted octanol–water partition coefficient (Wildman–Crippen LogP) is 3.95. The van der Waals surface area contributed by atoms with Gasteiger partial charge < -0.3 is 18.9 Å². The molecule has 1 aliphatic heterocycles. The monoisotopic (exact) mass is 382 g/mol. The minimum absolute atomic E-state index is 0.202. The Hall–Kier alpha value is -3.28. The van der Waals surface area contributed by atoms with Crippen molar-refractivity contribution in [3.05, 3.63) is 58.8 Å². The van der Waals surface area contributed by atoms with Gasteiger partial charge in [0.2, 0.25) is 5.78 Å². The third kappa shape index (κ3) is 4.17. The van der Waals surface area contributed by atoms with E-state index in [1.807, 2.05) is 24.3 Å². The van der Waals surface area contributed by atoms with Crippen LogP contribution in [0.2, 0.25) is 0 Å². The molecule has 3 rings (SSSR count). The van der Waals surface area contributed by atoms with Crippen LogP contribution in [0.1, 0.15) is 35.3 Å². The van der Waals surface area contributed by atoms with Crippen molar-refractivity contribution >= 4 is 17.8 Å². The first-order chi connectivity index (χ1) is 13.4. The zero-order valence-electron chi connectivity index (χ0n) is 16.3. The van der Waals surface area contributed by atoms with Crippen LogP contribution in [0.4, 0.5) is 0 Å². The number of allylic oxidation sites excluding steroid dienone is 1. The first-order valence-electron chi connectivity index (χ1n) is 8.93. The number of Topliss-reactive ketones (excluding diaryl/α,β-unsaturated/α-hetero) is 1. The molecule has 0 radical (unpaired) electrons. The summed E-state index contributed by atoms with van der Waals surface area (Å²) in [6.07, 6.45) is 1.47. The molecular weight excluding hydrogens is 360 g/mol. The lowest BCUT2D eigenvalue weighted by molar-refractivity contribution is -0.149. The van der Waals surface area contributed by atoms with Gasteiger partial charge in [0.05, 0.1) is 18.8 Å². The first-order valence-corrected chi connectivity index (χ1v) is 8.93.